The number of nitrogens with two attached hydrogens (primary N) is 1. The van der Waals surface area contributed by atoms with Crippen LogP contribution in [-0.4, -0.2) is 35.3 Å². The Bertz CT molecular complexity index is 711. The molecule has 2 atom stereocenters. The van der Waals surface area contributed by atoms with E-state index in [4.69, 9.17) is 27.4 Å². The number of hydrogen-bond donors (Lipinski definition) is 5. The number of aliphatic carboxylic acids is 1. The van der Waals surface area contributed by atoms with Crippen molar-refractivity contribution in [3.05, 3.63) is 33.8 Å². The summed E-state index contributed by atoms with van der Waals surface area (Å²) in [7, 11) is 0.289. The lowest BCUT2D eigenvalue weighted by molar-refractivity contribution is -0.147. The topological polar surface area (TPSA) is 116 Å². The number of carboxylic acids is 1. The van der Waals surface area contributed by atoms with Crippen LogP contribution >= 0.6 is 11.6 Å². The third-order valence-electron chi connectivity index (χ3n) is 6.23. The van der Waals surface area contributed by atoms with Gasteiger partial charge in [-0.05, 0) is 80.2 Å². The van der Waals surface area contributed by atoms with Crippen molar-refractivity contribution < 1.29 is 19.9 Å². The van der Waals surface area contributed by atoms with Crippen molar-refractivity contribution in [2.45, 2.75) is 55.9 Å². The Hall–Kier alpha value is -1.12. The van der Waals surface area contributed by atoms with Crippen molar-refractivity contribution >= 4 is 24.7 Å². The zero-order valence-electron chi connectivity index (χ0n) is 15.0. The van der Waals surface area contributed by atoms with Gasteiger partial charge < -0.3 is 26.2 Å². The van der Waals surface area contributed by atoms with Gasteiger partial charge in [-0.25, -0.2) is 4.79 Å². The predicted molar refractivity (Wildman–Crippen MR) is 101 cm³/mol. The Morgan fingerprint density at radius 2 is 2.08 bits per heavy atom. The van der Waals surface area contributed by atoms with Crippen LogP contribution in [-0.2, 0) is 22.3 Å². The molecule has 1 fully saturated rings. The SMILES string of the molecule is CN[C@@]1(C(=O)O)c2cc(C3(N)CCC3)c(Cl)cc2CC1CCCB(O)O. The molecule has 0 bridgehead atoms. The van der Waals surface area contributed by atoms with Gasteiger partial charge in [-0.2, -0.15) is 0 Å². The van der Waals surface area contributed by atoms with E-state index in [1.807, 2.05) is 12.1 Å². The van der Waals surface area contributed by atoms with Crippen molar-refractivity contribution in [2.24, 2.45) is 11.7 Å². The molecule has 3 rings (SSSR count). The minimum atomic E-state index is -1.37. The summed E-state index contributed by atoms with van der Waals surface area (Å²) < 4.78 is 0. The molecule has 1 saturated carbocycles. The zero-order chi connectivity index (χ0) is 19.1. The highest BCUT2D eigenvalue weighted by molar-refractivity contribution is 6.40. The quantitative estimate of drug-likeness (QED) is 0.459. The fourth-order valence-corrected chi connectivity index (χ4v) is 4.97. The van der Waals surface area contributed by atoms with Crippen molar-refractivity contribution in [1.82, 2.24) is 5.32 Å². The second kappa shape index (κ2) is 7.13. The first kappa shape index (κ1) is 19.6. The number of likely N-dealkylation sites (N-methyl/N-ethyl adjacent to an activating group) is 1. The first-order chi connectivity index (χ1) is 12.2. The second-order valence-electron chi connectivity index (χ2n) is 7.67. The van der Waals surface area contributed by atoms with Gasteiger partial charge in [-0.3, -0.25) is 0 Å². The Kier molecular flexibility index (Phi) is 5.39. The fraction of sp³-hybridized carbons (Fsp3) is 0.611. The summed E-state index contributed by atoms with van der Waals surface area (Å²) in [6.45, 7) is 0. The third kappa shape index (κ3) is 3.06. The molecule has 1 aromatic rings. The van der Waals surface area contributed by atoms with Crippen LogP contribution < -0.4 is 11.1 Å². The van der Waals surface area contributed by atoms with Gasteiger partial charge in [0.05, 0.1) is 0 Å². The summed E-state index contributed by atoms with van der Waals surface area (Å²) in [6.07, 6.45) is 4.67. The number of halogens is 1. The number of fused-ring (bicyclic) bond motifs is 1. The molecular weight excluding hydrogens is 354 g/mol. The highest BCUT2D eigenvalue weighted by Crippen LogP contribution is 2.49. The minimum Gasteiger partial charge on any atom is -0.480 e. The number of rotatable bonds is 7. The summed E-state index contributed by atoms with van der Waals surface area (Å²) in [6, 6.07) is 3.76. The van der Waals surface area contributed by atoms with Crippen LogP contribution in [0.2, 0.25) is 11.3 Å². The van der Waals surface area contributed by atoms with E-state index in [1.165, 1.54) is 0 Å². The van der Waals surface area contributed by atoms with Gasteiger partial charge >= 0.3 is 13.1 Å². The van der Waals surface area contributed by atoms with E-state index in [9.17, 15) is 9.90 Å². The molecule has 26 heavy (non-hydrogen) atoms. The maximum absolute atomic E-state index is 12.3. The standard InChI is InChI=1S/C18H26BClN2O4/c1-22-18(16(23)24)12(4-2-7-19(25)26)8-11-9-15(20)14(10-13(11)18)17(21)5-3-6-17/h9-10,12,22,25-26H,2-8,21H2,1H3,(H,23,24)/t12?,18-/m1/s1. The smallest absolute Gasteiger partial charge is 0.451 e. The molecule has 0 saturated heterocycles. The van der Waals surface area contributed by atoms with E-state index in [0.29, 0.717) is 24.3 Å². The number of benzene rings is 1. The molecule has 6 N–H and O–H groups in total. The number of carbonyl (C=O) groups is 1. The van der Waals surface area contributed by atoms with Crippen molar-refractivity contribution in [1.29, 1.82) is 0 Å². The number of hydrogen-bond acceptors (Lipinski definition) is 5. The van der Waals surface area contributed by atoms with Gasteiger partial charge in [0.25, 0.3) is 0 Å². The molecule has 142 valence electrons. The van der Waals surface area contributed by atoms with Gasteiger partial charge in [0, 0.05) is 10.6 Å². The van der Waals surface area contributed by atoms with Crippen LogP contribution in [0.4, 0.5) is 0 Å². The molecule has 0 aromatic heterocycles. The van der Waals surface area contributed by atoms with Crippen molar-refractivity contribution in [3.8, 4) is 0 Å². The van der Waals surface area contributed by atoms with Crippen LogP contribution in [0.25, 0.3) is 0 Å². The highest BCUT2D eigenvalue weighted by Gasteiger charge is 2.52. The second-order valence-corrected chi connectivity index (χ2v) is 8.08. The first-order valence-corrected chi connectivity index (χ1v) is 9.53. The molecule has 1 aromatic carbocycles. The molecule has 6 nitrogen and oxygen atoms in total. The maximum Gasteiger partial charge on any atom is 0.451 e. The van der Waals surface area contributed by atoms with Crippen LogP contribution in [0.5, 0.6) is 0 Å². The Morgan fingerprint density at radius 3 is 2.58 bits per heavy atom. The van der Waals surface area contributed by atoms with Crippen molar-refractivity contribution in [3.63, 3.8) is 0 Å². The lowest BCUT2D eigenvalue weighted by Gasteiger charge is -2.40. The summed E-state index contributed by atoms with van der Waals surface area (Å²) in [4.78, 5) is 12.3. The molecule has 0 spiro atoms. The van der Waals surface area contributed by atoms with Crippen molar-refractivity contribution in [2.75, 3.05) is 7.05 Å². The number of nitrogens with one attached hydrogen (secondary N) is 1. The molecule has 0 aliphatic heterocycles. The predicted octanol–water partition coefficient (Wildman–Crippen LogP) is 1.60. The molecule has 0 radical (unpaired) electrons. The normalized spacial score (nSPS) is 26.3. The van der Waals surface area contributed by atoms with E-state index in [-0.39, 0.29) is 12.2 Å². The molecule has 0 heterocycles. The Balaban J connectivity index is 2.00. The number of carboxylic acid groups (broad SMARTS) is 1. The molecular formula is C18H26BClN2O4. The lowest BCUT2D eigenvalue weighted by Crippen LogP contribution is -2.51. The van der Waals surface area contributed by atoms with Gasteiger partial charge in [-0.1, -0.05) is 18.0 Å². The molecule has 8 heteroatoms. The summed E-state index contributed by atoms with van der Waals surface area (Å²) in [5.41, 5.74) is 7.27. The summed E-state index contributed by atoms with van der Waals surface area (Å²) >= 11 is 6.50. The van der Waals surface area contributed by atoms with E-state index >= 15 is 0 Å². The highest BCUT2D eigenvalue weighted by atomic mass is 35.5. The van der Waals surface area contributed by atoms with E-state index < -0.39 is 24.2 Å². The fourth-order valence-electron chi connectivity index (χ4n) is 4.60. The van der Waals surface area contributed by atoms with Gasteiger partial charge in [0.1, 0.15) is 5.54 Å². The Morgan fingerprint density at radius 1 is 1.38 bits per heavy atom. The third-order valence-corrected chi connectivity index (χ3v) is 6.54. The largest absolute Gasteiger partial charge is 0.480 e. The zero-order valence-corrected chi connectivity index (χ0v) is 15.7. The summed E-state index contributed by atoms with van der Waals surface area (Å²) in [5.74, 6) is -1.12. The molecule has 1 unspecified atom stereocenters. The average Bonchev–Trinajstić information content (AvgIpc) is 2.84. The van der Waals surface area contributed by atoms with Crippen LogP contribution in [0, 0.1) is 5.92 Å². The maximum atomic E-state index is 12.3. The summed E-state index contributed by atoms with van der Waals surface area (Å²) in [5, 5.41) is 31.9. The monoisotopic (exact) mass is 380 g/mol. The van der Waals surface area contributed by atoms with E-state index in [2.05, 4.69) is 5.32 Å². The molecule has 2 aliphatic carbocycles. The van der Waals surface area contributed by atoms with Gasteiger partial charge in [0.15, 0.2) is 0 Å². The van der Waals surface area contributed by atoms with Crippen LogP contribution in [0.15, 0.2) is 12.1 Å². The molecule has 2 aliphatic rings. The van der Waals surface area contributed by atoms with E-state index in [0.717, 1.165) is 36.0 Å². The Labute approximate surface area is 158 Å². The minimum absolute atomic E-state index is 0.194. The van der Waals surface area contributed by atoms with Gasteiger partial charge in [0.2, 0.25) is 0 Å². The van der Waals surface area contributed by atoms with Gasteiger partial charge in [-0.15, -0.1) is 0 Å². The van der Waals surface area contributed by atoms with Crippen LogP contribution in [0.1, 0.15) is 48.8 Å². The van der Waals surface area contributed by atoms with E-state index in [1.54, 1.807) is 7.05 Å². The first-order valence-electron chi connectivity index (χ1n) is 9.15. The molecule has 0 amide bonds. The average molecular weight is 381 g/mol. The lowest BCUT2D eigenvalue weighted by atomic mass is 9.71. The van der Waals surface area contributed by atoms with Crippen LogP contribution in [0.3, 0.4) is 0 Å².